The monoisotopic (exact) mass is 229 g/mol. The zero-order valence-corrected chi connectivity index (χ0v) is 9.52. The number of hydrogen-bond donors (Lipinski definition) is 1. The lowest BCUT2D eigenvalue weighted by Gasteiger charge is -2.07. The quantitative estimate of drug-likeness (QED) is 0.686. The second-order valence-electron chi connectivity index (χ2n) is 3.91. The normalized spacial score (nSPS) is 11.2. The summed E-state index contributed by atoms with van der Waals surface area (Å²) in [5.41, 5.74) is 1.28. The van der Waals surface area contributed by atoms with Gasteiger partial charge >= 0.3 is 0 Å². The van der Waals surface area contributed by atoms with Gasteiger partial charge in [0.05, 0.1) is 18.8 Å². The zero-order valence-electron chi connectivity index (χ0n) is 9.52. The summed E-state index contributed by atoms with van der Waals surface area (Å²) in [5, 5.41) is 8.48. The molecule has 5 nitrogen and oxygen atoms in total. The molecule has 1 N–H and O–H groups in total. The Kier molecular flexibility index (Phi) is 1.95. The van der Waals surface area contributed by atoms with Gasteiger partial charge in [-0.2, -0.15) is 5.10 Å². The fourth-order valence-electron chi connectivity index (χ4n) is 2.07. The number of fused-ring (bicyclic) bond motifs is 3. The molecule has 2 aromatic heterocycles. The minimum atomic E-state index is -0.0850. The highest BCUT2D eigenvalue weighted by atomic mass is 16.5. The first-order chi connectivity index (χ1) is 8.22. The Morgan fingerprint density at radius 2 is 2.18 bits per heavy atom. The fourth-order valence-corrected chi connectivity index (χ4v) is 2.07. The molecule has 0 saturated heterocycles. The number of rotatable bonds is 1. The van der Waals surface area contributed by atoms with Crippen molar-refractivity contribution in [1.82, 2.24) is 14.8 Å². The summed E-state index contributed by atoms with van der Waals surface area (Å²) in [4.78, 5) is 12.1. The molecular formula is C12H11N3O2. The average Bonchev–Trinajstić information content (AvgIpc) is 2.84. The minimum Gasteiger partial charge on any atom is -0.497 e. The molecule has 0 saturated carbocycles. The number of hydrogen-bond acceptors (Lipinski definition) is 3. The van der Waals surface area contributed by atoms with Crippen molar-refractivity contribution in [2.45, 2.75) is 0 Å². The van der Waals surface area contributed by atoms with E-state index >= 15 is 0 Å². The third-order valence-corrected chi connectivity index (χ3v) is 3.01. The highest BCUT2D eigenvalue weighted by molar-refractivity contribution is 6.04. The smallest absolute Gasteiger partial charge is 0.276 e. The molecule has 86 valence electrons. The Morgan fingerprint density at radius 3 is 2.94 bits per heavy atom. The maximum Gasteiger partial charge on any atom is 0.276 e. The fraction of sp³-hybridized carbons (Fsp3) is 0.167. The molecule has 0 unspecified atom stereocenters. The number of aryl methyl sites for hydroxylation is 1. The van der Waals surface area contributed by atoms with Crippen molar-refractivity contribution >= 4 is 21.8 Å². The number of pyridine rings is 1. The van der Waals surface area contributed by atoms with Crippen LogP contribution in [0.25, 0.3) is 21.8 Å². The first kappa shape index (κ1) is 9.89. The molecule has 3 aromatic rings. The summed E-state index contributed by atoms with van der Waals surface area (Å²) in [6, 6.07) is 5.66. The maximum atomic E-state index is 12.1. The molecule has 3 rings (SSSR count). The molecule has 0 aliphatic rings. The van der Waals surface area contributed by atoms with Gasteiger partial charge < -0.3 is 9.30 Å². The molecule has 0 bridgehead atoms. The van der Waals surface area contributed by atoms with Gasteiger partial charge in [0.15, 0.2) is 0 Å². The van der Waals surface area contributed by atoms with Gasteiger partial charge in [-0.15, -0.1) is 0 Å². The van der Waals surface area contributed by atoms with Crippen LogP contribution in [-0.2, 0) is 7.05 Å². The van der Waals surface area contributed by atoms with E-state index in [1.807, 2.05) is 18.2 Å². The van der Waals surface area contributed by atoms with Crippen LogP contribution < -0.4 is 10.3 Å². The van der Waals surface area contributed by atoms with Crippen molar-refractivity contribution in [3.05, 3.63) is 34.7 Å². The largest absolute Gasteiger partial charge is 0.497 e. The van der Waals surface area contributed by atoms with E-state index in [4.69, 9.17) is 4.74 Å². The number of benzene rings is 1. The summed E-state index contributed by atoms with van der Waals surface area (Å²) in [7, 11) is 3.35. The molecule has 0 atom stereocenters. The summed E-state index contributed by atoms with van der Waals surface area (Å²) in [5.74, 6) is 0.732. The van der Waals surface area contributed by atoms with E-state index in [0.29, 0.717) is 5.52 Å². The van der Waals surface area contributed by atoms with Crippen molar-refractivity contribution < 1.29 is 4.74 Å². The minimum absolute atomic E-state index is 0.0850. The van der Waals surface area contributed by atoms with Gasteiger partial charge in [0.25, 0.3) is 5.56 Å². The molecular weight excluding hydrogens is 218 g/mol. The van der Waals surface area contributed by atoms with Crippen molar-refractivity contribution in [1.29, 1.82) is 0 Å². The number of aromatic nitrogens is 3. The Hall–Kier alpha value is -2.30. The Bertz CT molecular complexity index is 770. The molecule has 0 aliphatic carbocycles. The SMILES string of the molecule is COc1ccc2c3cn[nH]c3c(=O)n(C)c2c1. The average molecular weight is 229 g/mol. The van der Waals surface area contributed by atoms with Gasteiger partial charge in [-0.1, -0.05) is 0 Å². The zero-order chi connectivity index (χ0) is 12.0. The third kappa shape index (κ3) is 1.25. The number of aromatic amines is 1. The molecule has 0 fully saturated rings. The van der Waals surface area contributed by atoms with Crippen LogP contribution in [0.4, 0.5) is 0 Å². The van der Waals surface area contributed by atoms with Crippen molar-refractivity contribution in [3.8, 4) is 5.75 Å². The van der Waals surface area contributed by atoms with Crippen molar-refractivity contribution in [2.75, 3.05) is 7.11 Å². The van der Waals surface area contributed by atoms with E-state index in [9.17, 15) is 4.79 Å². The number of nitrogens with one attached hydrogen (secondary N) is 1. The molecule has 1 aromatic carbocycles. The summed E-state index contributed by atoms with van der Waals surface area (Å²) in [6.07, 6.45) is 1.67. The summed E-state index contributed by atoms with van der Waals surface area (Å²) >= 11 is 0. The van der Waals surface area contributed by atoms with Crippen LogP contribution in [0.15, 0.2) is 29.2 Å². The Labute approximate surface area is 96.6 Å². The second kappa shape index (κ2) is 3.35. The van der Waals surface area contributed by atoms with E-state index in [-0.39, 0.29) is 5.56 Å². The molecule has 0 radical (unpaired) electrons. The van der Waals surface area contributed by atoms with Gasteiger partial charge in [0.1, 0.15) is 11.3 Å². The lowest BCUT2D eigenvalue weighted by molar-refractivity contribution is 0.415. The van der Waals surface area contributed by atoms with Gasteiger partial charge in [-0.3, -0.25) is 9.89 Å². The number of H-pyrrole nitrogens is 1. The van der Waals surface area contributed by atoms with E-state index < -0.39 is 0 Å². The molecule has 0 aliphatic heterocycles. The molecule has 5 heteroatoms. The van der Waals surface area contributed by atoms with Crippen LogP contribution in [0.3, 0.4) is 0 Å². The van der Waals surface area contributed by atoms with Gasteiger partial charge in [0.2, 0.25) is 0 Å². The maximum absolute atomic E-state index is 12.1. The summed E-state index contributed by atoms with van der Waals surface area (Å²) < 4.78 is 6.77. The highest BCUT2D eigenvalue weighted by Crippen LogP contribution is 2.24. The topological polar surface area (TPSA) is 59.9 Å². The number of ether oxygens (including phenoxy) is 1. The van der Waals surface area contributed by atoms with Crippen LogP contribution in [0.1, 0.15) is 0 Å². The van der Waals surface area contributed by atoms with E-state index in [1.165, 1.54) is 0 Å². The van der Waals surface area contributed by atoms with E-state index in [2.05, 4.69) is 10.2 Å². The summed E-state index contributed by atoms with van der Waals surface area (Å²) in [6.45, 7) is 0. The van der Waals surface area contributed by atoms with Gasteiger partial charge in [-0.25, -0.2) is 0 Å². The first-order valence-electron chi connectivity index (χ1n) is 5.22. The molecule has 0 amide bonds. The molecule has 17 heavy (non-hydrogen) atoms. The Morgan fingerprint density at radius 1 is 1.35 bits per heavy atom. The van der Waals surface area contributed by atoms with Crippen LogP contribution in [0.2, 0.25) is 0 Å². The van der Waals surface area contributed by atoms with Crippen LogP contribution >= 0.6 is 0 Å². The Balaban J connectivity index is 2.59. The molecule has 2 heterocycles. The van der Waals surface area contributed by atoms with E-state index in [0.717, 1.165) is 22.0 Å². The van der Waals surface area contributed by atoms with Crippen molar-refractivity contribution in [3.63, 3.8) is 0 Å². The standard InChI is InChI=1S/C12H11N3O2/c1-15-10-5-7(17-2)3-4-8(10)9-6-13-14-11(9)12(15)16/h3-6H,1-2H3,(H,13,14). The van der Waals surface area contributed by atoms with Crippen LogP contribution in [0, 0.1) is 0 Å². The third-order valence-electron chi connectivity index (χ3n) is 3.01. The van der Waals surface area contributed by atoms with E-state index in [1.54, 1.807) is 24.9 Å². The van der Waals surface area contributed by atoms with Crippen LogP contribution in [0.5, 0.6) is 5.75 Å². The first-order valence-corrected chi connectivity index (χ1v) is 5.22. The highest BCUT2D eigenvalue weighted by Gasteiger charge is 2.10. The predicted molar refractivity (Wildman–Crippen MR) is 65.4 cm³/mol. The van der Waals surface area contributed by atoms with Gasteiger partial charge in [-0.05, 0) is 12.1 Å². The van der Waals surface area contributed by atoms with Crippen LogP contribution in [-0.4, -0.2) is 21.9 Å². The lowest BCUT2D eigenvalue weighted by Crippen LogP contribution is -2.17. The van der Waals surface area contributed by atoms with Gasteiger partial charge in [0, 0.05) is 23.9 Å². The number of nitrogens with zero attached hydrogens (tertiary/aromatic N) is 2. The number of methoxy groups -OCH3 is 1. The molecule has 0 spiro atoms. The van der Waals surface area contributed by atoms with Crippen molar-refractivity contribution in [2.24, 2.45) is 7.05 Å². The second-order valence-corrected chi connectivity index (χ2v) is 3.91. The predicted octanol–water partition coefficient (Wildman–Crippen LogP) is 1.42. The lowest BCUT2D eigenvalue weighted by atomic mass is 10.1.